The van der Waals surface area contributed by atoms with Crippen molar-refractivity contribution in [1.29, 1.82) is 0 Å². The maximum Gasteiger partial charge on any atom is 0.231 e. The summed E-state index contributed by atoms with van der Waals surface area (Å²) in [6.45, 7) is 4.02. The fraction of sp³-hybridized carbons (Fsp3) is 0.200. The molecular weight excluding hydrogens is 316 g/mol. The first kappa shape index (κ1) is 16.4. The summed E-state index contributed by atoms with van der Waals surface area (Å²) in [6.07, 6.45) is 0.758. The molecule has 0 saturated carbocycles. The van der Waals surface area contributed by atoms with Gasteiger partial charge in [0, 0.05) is 10.9 Å². The molecule has 0 aliphatic heterocycles. The average molecular weight is 336 g/mol. The molecule has 3 rings (SSSR count). The quantitative estimate of drug-likeness (QED) is 0.691. The minimum Gasteiger partial charge on any atom is -0.325 e. The molecule has 0 unspecified atom stereocenters. The molecule has 1 amide bonds. The third kappa shape index (κ3) is 3.54. The van der Waals surface area contributed by atoms with Crippen molar-refractivity contribution in [2.24, 2.45) is 0 Å². The Kier molecular flexibility index (Phi) is 5.06. The number of benzene rings is 2. The SMILES string of the molecule is CC[C@@H](C(=O)Nc1ccccc1-c1csc(C)n1)c1ccccc1. The number of carbonyl (C=O) groups is 1. The summed E-state index contributed by atoms with van der Waals surface area (Å²) in [6, 6.07) is 17.7. The molecule has 24 heavy (non-hydrogen) atoms. The number of aromatic nitrogens is 1. The van der Waals surface area contributed by atoms with Gasteiger partial charge in [0.05, 0.1) is 22.3 Å². The lowest BCUT2D eigenvalue weighted by Gasteiger charge is -2.17. The van der Waals surface area contributed by atoms with Crippen LogP contribution in [0.3, 0.4) is 0 Å². The number of hydrogen-bond donors (Lipinski definition) is 1. The van der Waals surface area contributed by atoms with Crippen molar-refractivity contribution in [3.8, 4) is 11.3 Å². The van der Waals surface area contributed by atoms with E-state index in [-0.39, 0.29) is 11.8 Å². The monoisotopic (exact) mass is 336 g/mol. The minimum absolute atomic E-state index is 0.0168. The van der Waals surface area contributed by atoms with Crippen molar-refractivity contribution < 1.29 is 4.79 Å². The highest BCUT2D eigenvalue weighted by atomic mass is 32.1. The van der Waals surface area contributed by atoms with E-state index in [0.29, 0.717) is 0 Å². The van der Waals surface area contributed by atoms with Crippen LogP contribution in [0.4, 0.5) is 5.69 Å². The average Bonchev–Trinajstić information content (AvgIpc) is 3.03. The van der Waals surface area contributed by atoms with Crippen LogP contribution >= 0.6 is 11.3 Å². The minimum atomic E-state index is -0.156. The molecule has 1 aromatic heterocycles. The van der Waals surface area contributed by atoms with Crippen molar-refractivity contribution in [1.82, 2.24) is 4.98 Å². The highest BCUT2D eigenvalue weighted by Crippen LogP contribution is 2.30. The zero-order valence-corrected chi connectivity index (χ0v) is 14.6. The second-order valence-electron chi connectivity index (χ2n) is 5.66. The van der Waals surface area contributed by atoms with Crippen LogP contribution in [0.1, 0.15) is 29.8 Å². The van der Waals surface area contributed by atoms with Crippen LogP contribution < -0.4 is 5.32 Å². The van der Waals surface area contributed by atoms with Gasteiger partial charge in [0.1, 0.15) is 0 Å². The largest absolute Gasteiger partial charge is 0.325 e. The van der Waals surface area contributed by atoms with Crippen LogP contribution in [0.25, 0.3) is 11.3 Å². The number of nitrogens with one attached hydrogen (secondary N) is 1. The van der Waals surface area contributed by atoms with Gasteiger partial charge >= 0.3 is 0 Å². The number of anilines is 1. The number of hydrogen-bond acceptors (Lipinski definition) is 3. The van der Waals surface area contributed by atoms with Gasteiger partial charge in [-0.05, 0) is 25.0 Å². The molecule has 0 saturated heterocycles. The highest BCUT2D eigenvalue weighted by molar-refractivity contribution is 7.09. The van der Waals surface area contributed by atoms with Gasteiger partial charge in [-0.25, -0.2) is 4.98 Å². The molecular formula is C20H20N2OS. The Morgan fingerprint density at radius 2 is 1.83 bits per heavy atom. The van der Waals surface area contributed by atoms with Gasteiger partial charge in [-0.1, -0.05) is 55.5 Å². The van der Waals surface area contributed by atoms with E-state index in [1.807, 2.05) is 73.8 Å². The highest BCUT2D eigenvalue weighted by Gasteiger charge is 2.20. The van der Waals surface area contributed by atoms with Crippen molar-refractivity contribution >= 4 is 22.9 Å². The van der Waals surface area contributed by atoms with Gasteiger partial charge in [0.25, 0.3) is 0 Å². The Morgan fingerprint density at radius 3 is 2.50 bits per heavy atom. The van der Waals surface area contributed by atoms with Gasteiger partial charge in [-0.3, -0.25) is 4.79 Å². The lowest BCUT2D eigenvalue weighted by Crippen LogP contribution is -2.21. The molecule has 0 aliphatic rings. The molecule has 0 aliphatic carbocycles. The summed E-state index contributed by atoms with van der Waals surface area (Å²) in [5, 5.41) is 6.13. The van der Waals surface area contributed by atoms with Crippen molar-refractivity contribution in [3.63, 3.8) is 0 Å². The summed E-state index contributed by atoms with van der Waals surface area (Å²) in [5.74, 6) is -0.139. The van der Waals surface area contributed by atoms with Crippen molar-refractivity contribution in [2.45, 2.75) is 26.2 Å². The van der Waals surface area contributed by atoms with Gasteiger partial charge in [-0.2, -0.15) is 0 Å². The van der Waals surface area contributed by atoms with E-state index in [1.54, 1.807) is 11.3 Å². The second kappa shape index (κ2) is 7.41. The van der Waals surface area contributed by atoms with E-state index in [2.05, 4.69) is 10.3 Å². The molecule has 4 heteroatoms. The summed E-state index contributed by atoms with van der Waals surface area (Å²) >= 11 is 1.61. The summed E-state index contributed by atoms with van der Waals surface area (Å²) in [4.78, 5) is 17.3. The van der Waals surface area contributed by atoms with Crippen LogP contribution in [0.2, 0.25) is 0 Å². The first-order valence-corrected chi connectivity index (χ1v) is 8.94. The van der Waals surface area contributed by atoms with Crippen LogP contribution in [0.5, 0.6) is 0 Å². The van der Waals surface area contributed by atoms with Crippen LogP contribution in [-0.4, -0.2) is 10.9 Å². The van der Waals surface area contributed by atoms with E-state index in [9.17, 15) is 4.79 Å². The Balaban J connectivity index is 1.87. The number of carbonyl (C=O) groups excluding carboxylic acids is 1. The Hall–Kier alpha value is -2.46. The van der Waals surface area contributed by atoms with E-state index in [1.165, 1.54) is 0 Å². The van der Waals surface area contributed by atoms with Gasteiger partial charge in [0.2, 0.25) is 5.91 Å². The predicted octanol–water partition coefficient (Wildman–Crippen LogP) is 5.25. The molecule has 1 atom stereocenters. The zero-order chi connectivity index (χ0) is 16.9. The molecule has 3 aromatic rings. The fourth-order valence-corrected chi connectivity index (χ4v) is 3.39. The second-order valence-corrected chi connectivity index (χ2v) is 6.72. The third-order valence-corrected chi connectivity index (χ3v) is 4.78. The van der Waals surface area contributed by atoms with Crippen molar-refractivity contribution in [2.75, 3.05) is 5.32 Å². The van der Waals surface area contributed by atoms with E-state index >= 15 is 0 Å². The number of thiazole rings is 1. The first-order chi connectivity index (χ1) is 11.7. The maximum atomic E-state index is 12.8. The molecule has 0 bridgehead atoms. The standard InChI is InChI=1S/C20H20N2OS/c1-3-16(15-9-5-4-6-10-15)20(23)22-18-12-8-7-11-17(18)19-13-24-14(2)21-19/h4-13,16H,3H2,1-2H3,(H,22,23)/t16-/m1/s1. The number of amides is 1. The molecule has 1 heterocycles. The summed E-state index contributed by atoms with van der Waals surface area (Å²) in [7, 11) is 0. The van der Waals surface area contributed by atoms with Gasteiger partial charge in [0.15, 0.2) is 0 Å². The van der Waals surface area contributed by atoms with Crippen LogP contribution in [0.15, 0.2) is 60.0 Å². The Morgan fingerprint density at radius 1 is 1.12 bits per heavy atom. The molecule has 3 nitrogen and oxygen atoms in total. The molecule has 2 aromatic carbocycles. The topological polar surface area (TPSA) is 42.0 Å². The third-order valence-electron chi connectivity index (χ3n) is 4.01. The smallest absolute Gasteiger partial charge is 0.231 e. The summed E-state index contributed by atoms with van der Waals surface area (Å²) in [5.41, 5.74) is 3.71. The number of aryl methyl sites for hydroxylation is 1. The van der Waals surface area contributed by atoms with E-state index in [0.717, 1.165) is 33.9 Å². The zero-order valence-electron chi connectivity index (χ0n) is 13.8. The molecule has 0 fully saturated rings. The predicted molar refractivity (Wildman–Crippen MR) is 100 cm³/mol. The van der Waals surface area contributed by atoms with E-state index < -0.39 is 0 Å². The van der Waals surface area contributed by atoms with Crippen LogP contribution in [-0.2, 0) is 4.79 Å². The molecule has 1 N–H and O–H groups in total. The normalized spacial score (nSPS) is 11.9. The molecule has 122 valence electrons. The number of nitrogens with zero attached hydrogens (tertiary/aromatic N) is 1. The Labute approximate surface area is 146 Å². The molecule has 0 radical (unpaired) electrons. The van der Waals surface area contributed by atoms with E-state index in [4.69, 9.17) is 0 Å². The first-order valence-electron chi connectivity index (χ1n) is 8.06. The van der Waals surface area contributed by atoms with Crippen LogP contribution in [0, 0.1) is 6.92 Å². The Bertz CT molecular complexity index is 826. The maximum absolute atomic E-state index is 12.8. The molecule has 0 spiro atoms. The van der Waals surface area contributed by atoms with Crippen molar-refractivity contribution in [3.05, 3.63) is 70.5 Å². The summed E-state index contributed by atoms with van der Waals surface area (Å²) < 4.78 is 0. The fourth-order valence-electron chi connectivity index (χ4n) is 2.78. The van der Waals surface area contributed by atoms with Gasteiger partial charge in [-0.15, -0.1) is 11.3 Å². The van der Waals surface area contributed by atoms with Gasteiger partial charge < -0.3 is 5.32 Å². The number of rotatable bonds is 5. The lowest BCUT2D eigenvalue weighted by molar-refractivity contribution is -0.117. The number of para-hydroxylation sites is 1. The lowest BCUT2D eigenvalue weighted by atomic mass is 9.95.